The number of fused-ring (bicyclic) bond motifs is 1. The van der Waals surface area contributed by atoms with Gasteiger partial charge >= 0.3 is 0 Å². The van der Waals surface area contributed by atoms with Crippen LogP contribution in [0.25, 0.3) is 0 Å². The number of benzene rings is 2. The number of ether oxygens (including phenoxy) is 2. The molecule has 0 bridgehead atoms. The summed E-state index contributed by atoms with van der Waals surface area (Å²) in [5.74, 6) is 0.621. The number of hydrogen-bond acceptors (Lipinski definition) is 4. The van der Waals surface area contributed by atoms with Crippen molar-refractivity contribution in [3.8, 4) is 5.75 Å². The zero-order valence-corrected chi connectivity index (χ0v) is 16.5. The van der Waals surface area contributed by atoms with Gasteiger partial charge in [-0.2, -0.15) is 0 Å². The largest absolute Gasteiger partial charge is 0.492 e. The van der Waals surface area contributed by atoms with Crippen LogP contribution in [0.15, 0.2) is 48.5 Å². The quantitative estimate of drug-likeness (QED) is 0.838. The van der Waals surface area contributed by atoms with E-state index in [0.717, 1.165) is 49.7 Å². The molecule has 0 radical (unpaired) electrons. The van der Waals surface area contributed by atoms with Gasteiger partial charge in [0, 0.05) is 24.7 Å². The first-order valence-electron chi connectivity index (χ1n) is 9.75. The average Bonchev–Trinajstić information content (AvgIpc) is 2.74. The standard InChI is InChI=1S/C22H25ClN2O3/c23-19-6-7-21-17(13-19)12-18(15-28-21)22(26)24-20(16-4-2-1-3-5-16)14-25-8-10-27-11-9-25/h1-7,13,18,20H,8-12,14-15H2,(H,24,26)/t18-,20-/m0/s1. The van der Waals surface area contributed by atoms with Crippen LogP contribution in [0.3, 0.4) is 0 Å². The molecule has 0 aliphatic carbocycles. The third-order valence-corrected chi connectivity index (χ3v) is 5.60. The fourth-order valence-corrected chi connectivity index (χ4v) is 3.98. The molecule has 0 saturated carbocycles. The van der Waals surface area contributed by atoms with Crippen LogP contribution in [-0.2, 0) is 16.0 Å². The molecule has 2 aliphatic rings. The summed E-state index contributed by atoms with van der Waals surface area (Å²) >= 11 is 6.10. The summed E-state index contributed by atoms with van der Waals surface area (Å²) in [5.41, 5.74) is 2.10. The predicted octanol–water partition coefficient (Wildman–Crippen LogP) is 3.08. The van der Waals surface area contributed by atoms with Gasteiger partial charge in [-0.05, 0) is 35.7 Å². The first kappa shape index (κ1) is 19.2. The van der Waals surface area contributed by atoms with Gasteiger partial charge in [-0.15, -0.1) is 0 Å². The number of nitrogens with zero attached hydrogens (tertiary/aromatic N) is 1. The van der Waals surface area contributed by atoms with Crippen LogP contribution in [0.2, 0.25) is 5.02 Å². The molecule has 6 heteroatoms. The van der Waals surface area contributed by atoms with E-state index >= 15 is 0 Å². The van der Waals surface area contributed by atoms with E-state index in [9.17, 15) is 4.79 Å². The Morgan fingerprint density at radius 3 is 2.75 bits per heavy atom. The number of carbonyl (C=O) groups excluding carboxylic acids is 1. The number of nitrogens with one attached hydrogen (secondary N) is 1. The van der Waals surface area contributed by atoms with E-state index in [1.165, 1.54) is 0 Å². The first-order chi connectivity index (χ1) is 13.7. The summed E-state index contributed by atoms with van der Waals surface area (Å²) in [6.07, 6.45) is 0.640. The maximum atomic E-state index is 13.1. The normalized spacial score (nSPS) is 20.7. The topological polar surface area (TPSA) is 50.8 Å². The summed E-state index contributed by atoms with van der Waals surface area (Å²) in [5, 5.41) is 3.93. The van der Waals surface area contributed by atoms with Crippen molar-refractivity contribution in [2.45, 2.75) is 12.5 Å². The minimum atomic E-state index is -0.220. The minimum Gasteiger partial charge on any atom is -0.492 e. The summed E-state index contributed by atoms with van der Waals surface area (Å²) in [6, 6.07) is 15.7. The number of hydrogen-bond donors (Lipinski definition) is 1. The van der Waals surface area contributed by atoms with Gasteiger partial charge in [0.1, 0.15) is 12.4 Å². The van der Waals surface area contributed by atoms with E-state index in [4.69, 9.17) is 21.1 Å². The van der Waals surface area contributed by atoms with Gasteiger partial charge in [0.25, 0.3) is 0 Å². The van der Waals surface area contributed by atoms with Gasteiger partial charge in [-0.1, -0.05) is 41.9 Å². The van der Waals surface area contributed by atoms with Gasteiger partial charge in [-0.3, -0.25) is 9.69 Å². The van der Waals surface area contributed by atoms with Crippen molar-refractivity contribution in [1.82, 2.24) is 10.2 Å². The van der Waals surface area contributed by atoms with E-state index in [1.54, 1.807) is 0 Å². The second-order valence-corrected chi connectivity index (χ2v) is 7.79. The molecule has 1 fully saturated rings. The molecule has 2 heterocycles. The van der Waals surface area contributed by atoms with Crippen LogP contribution < -0.4 is 10.1 Å². The number of rotatable bonds is 5. The second-order valence-electron chi connectivity index (χ2n) is 7.35. The zero-order valence-electron chi connectivity index (χ0n) is 15.8. The lowest BCUT2D eigenvalue weighted by Crippen LogP contribution is -2.45. The van der Waals surface area contributed by atoms with Crippen molar-refractivity contribution >= 4 is 17.5 Å². The Labute approximate surface area is 170 Å². The number of carbonyl (C=O) groups is 1. The minimum absolute atomic E-state index is 0.0211. The number of morpholine rings is 1. The van der Waals surface area contributed by atoms with E-state index < -0.39 is 0 Å². The van der Waals surface area contributed by atoms with Crippen LogP contribution in [0.1, 0.15) is 17.2 Å². The van der Waals surface area contributed by atoms with Crippen LogP contribution in [0.4, 0.5) is 0 Å². The maximum absolute atomic E-state index is 13.1. The fourth-order valence-electron chi connectivity index (χ4n) is 3.78. The van der Waals surface area contributed by atoms with Gasteiger partial charge in [0.15, 0.2) is 0 Å². The molecule has 28 heavy (non-hydrogen) atoms. The smallest absolute Gasteiger partial charge is 0.227 e. The summed E-state index contributed by atoms with van der Waals surface area (Å²) < 4.78 is 11.3. The van der Waals surface area contributed by atoms with Gasteiger partial charge < -0.3 is 14.8 Å². The molecular weight excluding hydrogens is 376 g/mol. The molecule has 2 aliphatic heterocycles. The lowest BCUT2D eigenvalue weighted by atomic mass is 9.95. The van der Waals surface area contributed by atoms with E-state index in [0.29, 0.717) is 18.1 Å². The summed E-state index contributed by atoms with van der Waals surface area (Å²) in [4.78, 5) is 15.4. The lowest BCUT2D eigenvalue weighted by molar-refractivity contribution is -0.127. The highest BCUT2D eigenvalue weighted by Gasteiger charge is 2.29. The molecular formula is C22H25ClN2O3. The van der Waals surface area contributed by atoms with Crippen LogP contribution in [0.5, 0.6) is 5.75 Å². The summed E-state index contributed by atoms with van der Waals surface area (Å²) in [7, 11) is 0. The zero-order chi connectivity index (χ0) is 19.3. The fraction of sp³-hybridized carbons (Fsp3) is 0.409. The SMILES string of the molecule is O=C(N[C@@H](CN1CCOCC1)c1ccccc1)[C@@H]1COc2ccc(Cl)cc2C1. The molecule has 1 N–H and O–H groups in total. The molecule has 0 aromatic heterocycles. The molecule has 2 aromatic carbocycles. The van der Waals surface area contributed by atoms with Gasteiger partial charge in [0.2, 0.25) is 5.91 Å². The highest BCUT2D eigenvalue weighted by molar-refractivity contribution is 6.30. The van der Waals surface area contributed by atoms with Crippen molar-refractivity contribution in [2.24, 2.45) is 5.92 Å². The average molecular weight is 401 g/mol. The molecule has 2 atom stereocenters. The molecule has 148 valence electrons. The monoisotopic (exact) mass is 400 g/mol. The van der Waals surface area contributed by atoms with E-state index in [1.807, 2.05) is 36.4 Å². The maximum Gasteiger partial charge on any atom is 0.227 e. The van der Waals surface area contributed by atoms with E-state index in [2.05, 4.69) is 22.3 Å². The van der Waals surface area contributed by atoms with Crippen molar-refractivity contribution < 1.29 is 14.3 Å². The Morgan fingerprint density at radius 1 is 1.18 bits per heavy atom. The highest BCUT2D eigenvalue weighted by Crippen LogP contribution is 2.30. The van der Waals surface area contributed by atoms with E-state index in [-0.39, 0.29) is 17.9 Å². The second kappa shape index (κ2) is 8.95. The van der Waals surface area contributed by atoms with Crippen molar-refractivity contribution in [2.75, 3.05) is 39.5 Å². The number of amides is 1. The Balaban J connectivity index is 1.46. The Morgan fingerprint density at radius 2 is 1.96 bits per heavy atom. The van der Waals surface area contributed by atoms with Crippen molar-refractivity contribution in [1.29, 1.82) is 0 Å². The van der Waals surface area contributed by atoms with Crippen LogP contribution in [0, 0.1) is 5.92 Å². The van der Waals surface area contributed by atoms with Crippen molar-refractivity contribution in [3.63, 3.8) is 0 Å². The molecule has 5 nitrogen and oxygen atoms in total. The lowest BCUT2D eigenvalue weighted by Gasteiger charge is -2.32. The third kappa shape index (κ3) is 4.66. The van der Waals surface area contributed by atoms with Crippen LogP contribution in [-0.4, -0.2) is 50.3 Å². The Hall–Kier alpha value is -2.08. The van der Waals surface area contributed by atoms with Crippen molar-refractivity contribution in [3.05, 3.63) is 64.7 Å². The Bertz CT molecular complexity index is 809. The summed E-state index contributed by atoms with van der Waals surface area (Å²) in [6.45, 7) is 4.41. The number of halogens is 1. The van der Waals surface area contributed by atoms with Crippen LogP contribution >= 0.6 is 11.6 Å². The molecule has 1 saturated heterocycles. The first-order valence-corrected chi connectivity index (χ1v) is 10.1. The van der Waals surface area contributed by atoms with Gasteiger partial charge in [-0.25, -0.2) is 0 Å². The molecule has 1 amide bonds. The Kier molecular flexibility index (Phi) is 6.15. The third-order valence-electron chi connectivity index (χ3n) is 5.36. The molecule has 0 unspecified atom stereocenters. The molecule has 4 rings (SSSR count). The molecule has 0 spiro atoms. The van der Waals surface area contributed by atoms with Gasteiger partial charge in [0.05, 0.1) is 25.2 Å². The highest BCUT2D eigenvalue weighted by atomic mass is 35.5. The molecule has 2 aromatic rings. The predicted molar refractivity (Wildman–Crippen MR) is 109 cm³/mol.